The third-order valence-electron chi connectivity index (χ3n) is 9.51. The molecule has 7 N–H and O–H groups in total. The van der Waals surface area contributed by atoms with Gasteiger partial charge in [0.05, 0.1) is 47.9 Å². The van der Waals surface area contributed by atoms with Crippen LogP contribution < -0.4 is 26.6 Å². The first-order valence-corrected chi connectivity index (χ1v) is 19.2. The summed E-state index contributed by atoms with van der Waals surface area (Å²) in [5, 5.41) is 25.8. The van der Waals surface area contributed by atoms with Gasteiger partial charge in [-0.3, -0.25) is 24.5 Å². The molecule has 286 valence electrons. The average Bonchev–Trinajstić information content (AvgIpc) is 3.75. The number of nitrogens with one attached hydrogen (secondary N) is 6. The van der Waals surface area contributed by atoms with Crippen molar-refractivity contribution in [1.82, 2.24) is 36.6 Å². The first kappa shape index (κ1) is 39.2. The lowest BCUT2D eigenvalue weighted by molar-refractivity contribution is -0.129. The topological polar surface area (TPSA) is 177 Å². The number of hydrogen-bond donors (Lipinski definition) is 7. The number of nitrogens with zero attached hydrogens (tertiary/aromatic N) is 1. The van der Waals surface area contributed by atoms with Crippen LogP contribution >= 0.6 is 11.8 Å². The monoisotopic (exact) mass is 761 g/mol. The smallest absolute Gasteiger partial charge is 0.245 e. The van der Waals surface area contributed by atoms with E-state index in [0.29, 0.717) is 5.82 Å². The van der Waals surface area contributed by atoms with Crippen molar-refractivity contribution in [2.24, 2.45) is 0 Å². The second kappa shape index (κ2) is 18.2. The molecule has 1 aliphatic heterocycles. The molecule has 12 nitrogen and oxygen atoms in total. The number of para-hydroxylation sites is 2. The number of aliphatic hydroxyl groups excluding tert-OH is 1. The van der Waals surface area contributed by atoms with Crippen LogP contribution in [0.2, 0.25) is 0 Å². The molecule has 0 radical (unpaired) electrons. The summed E-state index contributed by atoms with van der Waals surface area (Å²) in [5.74, 6) is -0.933. The van der Waals surface area contributed by atoms with Gasteiger partial charge in [-0.1, -0.05) is 103 Å². The second-order valence-electron chi connectivity index (χ2n) is 14.2. The molecule has 2 heterocycles. The molecule has 4 amide bonds. The summed E-state index contributed by atoms with van der Waals surface area (Å²) < 4.78 is -0.733. The van der Waals surface area contributed by atoms with Crippen LogP contribution in [0.25, 0.3) is 11.0 Å². The van der Waals surface area contributed by atoms with Crippen LogP contribution in [-0.2, 0) is 45.1 Å². The maximum Gasteiger partial charge on any atom is 0.245 e. The zero-order chi connectivity index (χ0) is 38.8. The van der Waals surface area contributed by atoms with E-state index in [1.807, 2.05) is 129 Å². The molecule has 0 saturated carbocycles. The normalized spacial score (nSPS) is 17.8. The van der Waals surface area contributed by atoms with E-state index >= 15 is 0 Å². The van der Waals surface area contributed by atoms with Crippen LogP contribution in [0.5, 0.6) is 0 Å². The maximum absolute atomic E-state index is 14.2. The zero-order valence-corrected chi connectivity index (χ0v) is 31.6. The van der Waals surface area contributed by atoms with Gasteiger partial charge in [0.1, 0.15) is 17.9 Å². The average molecular weight is 762 g/mol. The summed E-state index contributed by atoms with van der Waals surface area (Å²) in [5.41, 5.74) is 4.22. The molecule has 1 fully saturated rings. The van der Waals surface area contributed by atoms with Gasteiger partial charge in [0.15, 0.2) is 0 Å². The third-order valence-corrected chi connectivity index (χ3v) is 11.0. The highest BCUT2D eigenvalue weighted by atomic mass is 32.2. The molecule has 1 unspecified atom stereocenters. The first-order chi connectivity index (χ1) is 26.5. The summed E-state index contributed by atoms with van der Waals surface area (Å²) in [6, 6.07) is 33.1. The van der Waals surface area contributed by atoms with E-state index in [-0.39, 0.29) is 38.3 Å². The molecular formula is C42H47N7O5S. The molecule has 0 aliphatic carbocycles. The molecule has 5 aromatic rings. The Morgan fingerprint density at radius 3 is 2.05 bits per heavy atom. The van der Waals surface area contributed by atoms with Crippen molar-refractivity contribution < 1.29 is 24.3 Å². The zero-order valence-electron chi connectivity index (χ0n) is 30.8. The Balaban J connectivity index is 1.14. The van der Waals surface area contributed by atoms with Gasteiger partial charge in [-0.2, -0.15) is 0 Å². The quantitative estimate of drug-likeness (QED) is 0.0800. The predicted molar refractivity (Wildman–Crippen MR) is 213 cm³/mol. The number of aliphatic hydroxyl groups is 1. The number of fused-ring (bicyclic) bond motifs is 1. The van der Waals surface area contributed by atoms with Crippen molar-refractivity contribution in [2.45, 2.75) is 80.5 Å². The Kier molecular flexibility index (Phi) is 13.0. The third kappa shape index (κ3) is 10.8. The molecule has 4 aromatic carbocycles. The van der Waals surface area contributed by atoms with Crippen LogP contribution in [0.3, 0.4) is 0 Å². The highest BCUT2D eigenvalue weighted by molar-refractivity contribution is 8.01. The molecule has 1 aromatic heterocycles. The molecule has 5 atom stereocenters. The number of hydrogen-bond acceptors (Lipinski definition) is 8. The number of benzene rings is 4. The summed E-state index contributed by atoms with van der Waals surface area (Å²) in [4.78, 5) is 62.0. The molecule has 0 spiro atoms. The second-order valence-corrected chi connectivity index (χ2v) is 16.0. The fraction of sp³-hybridized carbons (Fsp3) is 0.310. The summed E-state index contributed by atoms with van der Waals surface area (Å²) in [6.45, 7) is 4.21. The van der Waals surface area contributed by atoms with E-state index < -0.39 is 52.1 Å². The van der Waals surface area contributed by atoms with E-state index in [4.69, 9.17) is 0 Å². The number of thioether (sulfide) groups is 1. The lowest BCUT2D eigenvalue weighted by Gasteiger charge is -2.29. The highest BCUT2D eigenvalue weighted by Crippen LogP contribution is 2.39. The fourth-order valence-corrected chi connectivity index (χ4v) is 8.12. The van der Waals surface area contributed by atoms with Gasteiger partial charge >= 0.3 is 0 Å². The number of amides is 4. The molecular weight excluding hydrogens is 715 g/mol. The minimum absolute atomic E-state index is 0.0822. The van der Waals surface area contributed by atoms with Gasteiger partial charge in [-0.15, -0.1) is 11.8 Å². The predicted octanol–water partition coefficient (Wildman–Crippen LogP) is 3.51. The Labute approximate surface area is 324 Å². The molecule has 1 aliphatic rings. The molecule has 1 saturated heterocycles. The number of aromatic nitrogens is 2. The van der Waals surface area contributed by atoms with Gasteiger partial charge in [0.25, 0.3) is 0 Å². The summed E-state index contributed by atoms with van der Waals surface area (Å²) >= 11 is 1.38. The van der Waals surface area contributed by atoms with Crippen molar-refractivity contribution in [3.8, 4) is 0 Å². The van der Waals surface area contributed by atoms with Crippen molar-refractivity contribution in [3.05, 3.63) is 138 Å². The van der Waals surface area contributed by atoms with E-state index in [2.05, 4.69) is 36.6 Å². The first-order valence-electron chi connectivity index (χ1n) is 18.4. The van der Waals surface area contributed by atoms with Crippen LogP contribution in [0.1, 0.15) is 42.8 Å². The Hall–Kier alpha value is -5.50. The summed E-state index contributed by atoms with van der Waals surface area (Å²) in [6.07, 6.45) is -1.12. The lowest BCUT2D eigenvalue weighted by Crippen LogP contribution is -2.59. The number of aromatic amines is 1. The van der Waals surface area contributed by atoms with Crippen LogP contribution in [0.15, 0.2) is 115 Å². The number of rotatable bonds is 16. The van der Waals surface area contributed by atoms with Crippen molar-refractivity contribution in [1.29, 1.82) is 0 Å². The maximum atomic E-state index is 14.2. The SMILES string of the molecule is CC1(C)SC([C@H](NC(=O)Cc2ccccc2)C(=O)NCc2ccccc2)N[C@H]1C(=O)N[C@H](Cc1ccccc1)[C@H](O)CC(=O)NCc1nc2ccccc2[nH]1. The van der Waals surface area contributed by atoms with Crippen LogP contribution in [-0.4, -0.2) is 73.1 Å². The minimum atomic E-state index is -1.22. The van der Waals surface area contributed by atoms with Gasteiger partial charge in [0, 0.05) is 11.3 Å². The standard InChI is InChI=1S/C42H47N7O5S/c1-42(2)38(49-41(55-42)37(39(53)44-25-29-18-10-5-11-19-29)48-36(52)23-28-16-8-4-9-17-28)40(54)47-32(22-27-14-6-3-7-15-27)33(50)24-35(51)43-26-34-45-30-20-12-13-21-31(30)46-34/h3-21,32-33,37-38,41,49-50H,22-26H2,1-2H3,(H,43,51)(H,44,53)(H,45,46)(H,47,54)(H,48,52)/t32-,33-,37-,38+,41?/m1/s1. The molecule has 0 bridgehead atoms. The Morgan fingerprint density at radius 1 is 0.764 bits per heavy atom. The lowest BCUT2D eigenvalue weighted by atomic mass is 9.96. The van der Waals surface area contributed by atoms with E-state index in [0.717, 1.165) is 27.7 Å². The number of H-pyrrole nitrogens is 1. The Bertz CT molecular complexity index is 2030. The number of imidazole rings is 1. The van der Waals surface area contributed by atoms with Crippen molar-refractivity contribution in [3.63, 3.8) is 0 Å². The van der Waals surface area contributed by atoms with Crippen LogP contribution in [0, 0.1) is 0 Å². The molecule has 55 heavy (non-hydrogen) atoms. The van der Waals surface area contributed by atoms with E-state index in [9.17, 15) is 24.3 Å². The largest absolute Gasteiger partial charge is 0.390 e. The molecule has 13 heteroatoms. The number of carbonyl (C=O) groups excluding carboxylic acids is 4. The van der Waals surface area contributed by atoms with Gasteiger partial charge in [0.2, 0.25) is 23.6 Å². The minimum Gasteiger partial charge on any atom is -0.390 e. The Morgan fingerprint density at radius 2 is 1.38 bits per heavy atom. The van der Waals surface area contributed by atoms with Gasteiger partial charge in [-0.25, -0.2) is 4.98 Å². The van der Waals surface area contributed by atoms with Crippen molar-refractivity contribution >= 4 is 46.4 Å². The van der Waals surface area contributed by atoms with E-state index in [1.165, 1.54) is 11.8 Å². The number of carbonyl (C=O) groups is 4. The summed E-state index contributed by atoms with van der Waals surface area (Å²) in [7, 11) is 0. The fourth-order valence-electron chi connectivity index (χ4n) is 6.62. The van der Waals surface area contributed by atoms with Gasteiger partial charge in [-0.05, 0) is 49.1 Å². The van der Waals surface area contributed by atoms with Crippen molar-refractivity contribution in [2.75, 3.05) is 0 Å². The van der Waals surface area contributed by atoms with Crippen LogP contribution in [0.4, 0.5) is 0 Å². The van der Waals surface area contributed by atoms with E-state index in [1.54, 1.807) is 0 Å². The highest BCUT2D eigenvalue weighted by Gasteiger charge is 2.49. The van der Waals surface area contributed by atoms with Gasteiger partial charge < -0.3 is 31.4 Å². The molecule has 6 rings (SSSR count).